The Bertz CT molecular complexity index is 919. The largest absolute Gasteiger partial charge is 0.309 e. The van der Waals surface area contributed by atoms with Crippen LogP contribution in [0.15, 0.2) is 53.4 Å². The molecule has 0 aliphatic carbocycles. The van der Waals surface area contributed by atoms with Gasteiger partial charge in [0.15, 0.2) is 5.82 Å². The Labute approximate surface area is 155 Å². The third-order valence-corrected chi connectivity index (χ3v) is 5.45. The Morgan fingerprint density at radius 3 is 2.52 bits per heavy atom. The van der Waals surface area contributed by atoms with Crippen LogP contribution in [-0.4, -0.2) is 22.4 Å². The van der Waals surface area contributed by atoms with E-state index in [1.165, 1.54) is 4.90 Å². The molecule has 3 aromatic rings. The van der Waals surface area contributed by atoms with E-state index in [2.05, 4.69) is 46.0 Å². The van der Waals surface area contributed by atoms with Gasteiger partial charge in [-0.1, -0.05) is 35.9 Å². The minimum atomic E-state index is -0.0240. The van der Waals surface area contributed by atoms with Gasteiger partial charge < -0.3 is 5.32 Å². The fraction of sp³-hybridized carbons (Fsp3) is 0.158. The van der Waals surface area contributed by atoms with Gasteiger partial charge in [-0.05, 0) is 36.1 Å². The lowest BCUT2D eigenvalue weighted by Gasteiger charge is -2.23. The lowest BCUT2D eigenvalue weighted by molar-refractivity contribution is -0.116. The Morgan fingerprint density at radius 1 is 1.12 bits per heavy atom. The standard InChI is InChI=1S/C19H16ClN3OS/c1-25-14-8-4-11(5-9-14)15-10-16(24)21-19-17(15)18(22-23-19)12-2-6-13(20)7-3-12/h2-9,15H,10H2,1H3,(H2,21,22,23,24)/t15-/m1/s1. The van der Waals surface area contributed by atoms with E-state index in [1.54, 1.807) is 11.8 Å². The molecule has 6 heteroatoms. The molecule has 0 saturated carbocycles. The summed E-state index contributed by atoms with van der Waals surface area (Å²) < 4.78 is 0. The van der Waals surface area contributed by atoms with Crippen LogP contribution in [0.1, 0.15) is 23.5 Å². The van der Waals surface area contributed by atoms with E-state index >= 15 is 0 Å². The van der Waals surface area contributed by atoms with Crippen molar-refractivity contribution < 1.29 is 4.79 Å². The molecule has 0 bridgehead atoms. The highest BCUT2D eigenvalue weighted by atomic mass is 35.5. The number of anilines is 1. The predicted octanol–water partition coefficient (Wildman–Crippen LogP) is 4.93. The fourth-order valence-corrected chi connectivity index (χ4v) is 3.75. The number of carbonyl (C=O) groups excluding carboxylic acids is 1. The summed E-state index contributed by atoms with van der Waals surface area (Å²) in [5.74, 6) is 0.574. The van der Waals surface area contributed by atoms with Crippen LogP contribution in [0.25, 0.3) is 11.3 Å². The molecule has 2 N–H and O–H groups in total. The van der Waals surface area contributed by atoms with Crippen molar-refractivity contribution in [2.75, 3.05) is 11.6 Å². The number of hydrogen-bond donors (Lipinski definition) is 2. The fourth-order valence-electron chi connectivity index (χ4n) is 3.21. The average Bonchev–Trinajstić information content (AvgIpc) is 3.05. The van der Waals surface area contributed by atoms with Gasteiger partial charge in [0.25, 0.3) is 0 Å². The van der Waals surface area contributed by atoms with Crippen molar-refractivity contribution in [3.8, 4) is 11.3 Å². The summed E-state index contributed by atoms with van der Waals surface area (Å²) >= 11 is 7.71. The van der Waals surface area contributed by atoms with Crippen molar-refractivity contribution in [2.24, 2.45) is 0 Å². The van der Waals surface area contributed by atoms with Crippen LogP contribution < -0.4 is 5.32 Å². The van der Waals surface area contributed by atoms with E-state index in [0.717, 1.165) is 22.4 Å². The minimum Gasteiger partial charge on any atom is -0.309 e. The summed E-state index contributed by atoms with van der Waals surface area (Å²) in [6.45, 7) is 0. The second-order valence-electron chi connectivity index (χ2n) is 5.95. The molecule has 1 aromatic heterocycles. The Balaban J connectivity index is 1.82. The maximum absolute atomic E-state index is 12.1. The van der Waals surface area contributed by atoms with Crippen LogP contribution in [0.2, 0.25) is 5.02 Å². The summed E-state index contributed by atoms with van der Waals surface area (Å²) in [6.07, 6.45) is 2.46. The quantitative estimate of drug-likeness (QED) is 0.644. The number of nitrogens with one attached hydrogen (secondary N) is 2. The van der Waals surface area contributed by atoms with E-state index in [9.17, 15) is 4.79 Å². The average molecular weight is 370 g/mol. The van der Waals surface area contributed by atoms with Crippen molar-refractivity contribution >= 4 is 35.1 Å². The highest BCUT2D eigenvalue weighted by molar-refractivity contribution is 7.98. The molecule has 0 spiro atoms. The molecule has 0 fully saturated rings. The van der Waals surface area contributed by atoms with E-state index in [4.69, 9.17) is 11.6 Å². The van der Waals surface area contributed by atoms with Gasteiger partial charge in [-0.25, -0.2) is 0 Å². The number of benzene rings is 2. The monoisotopic (exact) mass is 369 g/mol. The Kier molecular flexibility index (Phi) is 4.27. The molecule has 4 nitrogen and oxygen atoms in total. The molecule has 2 heterocycles. The van der Waals surface area contributed by atoms with Crippen LogP contribution >= 0.6 is 23.4 Å². The molecule has 1 amide bonds. The van der Waals surface area contributed by atoms with Gasteiger partial charge in [0.05, 0.1) is 5.69 Å². The zero-order valence-corrected chi connectivity index (χ0v) is 15.1. The molecule has 0 saturated heterocycles. The first-order valence-electron chi connectivity index (χ1n) is 7.93. The second kappa shape index (κ2) is 6.58. The highest BCUT2D eigenvalue weighted by Gasteiger charge is 2.31. The number of nitrogens with zero attached hydrogens (tertiary/aromatic N) is 1. The maximum Gasteiger partial charge on any atom is 0.226 e. The number of rotatable bonds is 3. The molecule has 126 valence electrons. The summed E-state index contributed by atoms with van der Waals surface area (Å²) in [4.78, 5) is 13.3. The third kappa shape index (κ3) is 3.05. The first-order chi connectivity index (χ1) is 12.2. The Hall–Kier alpha value is -2.24. The second-order valence-corrected chi connectivity index (χ2v) is 7.26. The number of hydrogen-bond acceptors (Lipinski definition) is 3. The first kappa shape index (κ1) is 16.2. The molecule has 1 atom stereocenters. The van der Waals surface area contributed by atoms with Gasteiger partial charge >= 0.3 is 0 Å². The number of aromatic nitrogens is 2. The number of amides is 1. The first-order valence-corrected chi connectivity index (χ1v) is 9.54. The molecule has 25 heavy (non-hydrogen) atoms. The molecule has 4 rings (SSSR count). The van der Waals surface area contributed by atoms with E-state index in [-0.39, 0.29) is 11.8 Å². The van der Waals surface area contributed by atoms with E-state index < -0.39 is 0 Å². The molecular formula is C19H16ClN3OS. The van der Waals surface area contributed by atoms with Crippen molar-refractivity contribution in [1.82, 2.24) is 10.2 Å². The van der Waals surface area contributed by atoms with Gasteiger partial charge in [0.1, 0.15) is 0 Å². The van der Waals surface area contributed by atoms with E-state index in [0.29, 0.717) is 17.3 Å². The number of thioether (sulfide) groups is 1. The number of carbonyl (C=O) groups is 1. The highest BCUT2D eigenvalue weighted by Crippen LogP contribution is 2.42. The molecule has 1 aliphatic rings. The Morgan fingerprint density at radius 2 is 1.84 bits per heavy atom. The zero-order chi connectivity index (χ0) is 17.4. The van der Waals surface area contributed by atoms with Crippen LogP contribution in [0.4, 0.5) is 5.82 Å². The molecule has 0 radical (unpaired) electrons. The van der Waals surface area contributed by atoms with Crippen LogP contribution in [0, 0.1) is 0 Å². The van der Waals surface area contributed by atoms with Crippen molar-refractivity contribution in [1.29, 1.82) is 0 Å². The lowest BCUT2D eigenvalue weighted by Crippen LogP contribution is -2.23. The van der Waals surface area contributed by atoms with Gasteiger partial charge in [-0.3, -0.25) is 9.89 Å². The maximum atomic E-state index is 12.1. The number of fused-ring (bicyclic) bond motifs is 1. The van der Waals surface area contributed by atoms with Crippen molar-refractivity contribution in [3.05, 3.63) is 64.7 Å². The van der Waals surface area contributed by atoms with Gasteiger partial charge in [-0.2, -0.15) is 5.10 Å². The summed E-state index contributed by atoms with van der Waals surface area (Å²) in [5, 5.41) is 11.0. The third-order valence-electron chi connectivity index (χ3n) is 4.45. The van der Waals surface area contributed by atoms with E-state index in [1.807, 2.05) is 24.3 Å². The minimum absolute atomic E-state index is 0.0133. The van der Waals surface area contributed by atoms with Gasteiger partial charge in [0.2, 0.25) is 5.91 Å². The summed E-state index contributed by atoms with van der Waals surface area (Å²) in [6, 6.07) is 16.0. The van der Waals surface area contributed by atoms with Gasteiger partial charge in [0, 0.05) is 33.4 Å². The number of aromatic amines is 1. The normalized spacial score (nSPS) is 16.4. The van der Waals surface area contributed by atoms with Crippen molar-refractivity contribution in [2.45, 2.75) is 17.2 Å². The van der Waals surface area contributed by atoms with Crippen molar-refractivity contribution in [3.63, 3.8) is 0 Å². The predicted molar refractivity (Wildman–Crippen MR) is 102 cm³/mol. The van der Waals surface area contributed by atoms with Crippen LogP contribution in [0.3, 0.4) is 0 Å². The van der Waals surface area contributed by atoms with Crippen LogP contribution in [0.5, 0.6) is 0 Å². The molecule has 2 aromatic carbocycles. The SMILES string of the molecule is CSc1ccc([C@H]2CC(=O)Nc3n[nH]c(-c4ccc(Cl)cc4)c32)cc1. The molecule has 0 unspecified atom stereocenters. The smallest absolute Gasteiger partial charge is 0.226 e. The molecular weight excluding hydrogens is 354 g/mol. The molecule has 1 aliphatic heterocycles. The lowest BCUT2D eigenvalue weighted by atomic mass is 9.84. The van der Waals surface area contributed by atoms with Gasteiger partial charge in [-0.15, -0.1) is 11.8 Å². The zero-order valence-electron chi connectivity index (χ0n) is 13.5. The number of H-pyrrole nitrogens is 1. The summed E-state index contributed by atoms with van der Waals surface area (Å²) in [5.41, 5.74) is 4.06. The summed E-state index contributed by atoms with van der Waals surface area (Å²) in [7, 11) is 0. The topological polar surface area (TPSA) is 57.8 Å². The number of halogens is 1. The van der Waals surface area contributed by atoms with Crippen LogP contribution in [-0.2, 0) is 4.79 Å².